The van der Waals surface area contributed by atoms with Crippen LogP contribution < -0.4 is 10.2 Å². The maximum absolute atomic E-state index is 12.8. The SMILES string of the molecule is CC1=CC[C@@H]2C(=O)N(c3cccc(C(=O)NCCCCCC(=O)O)c3)C(=O)[C@H]2C1. The number of hydrogen-bond acceptors (Lipinski definition) is 4. The van der Waals surface area contributed by atoms with Crippen molar-refractivity contribution >= 4 is 29.4 Å². The number of nitrogens with one attached hydrogen (secondary N) is 1. The molecule has 2 atom stereocenters. The molecule has 1 aliphatic heterocycles. The van der Waals surface area contributed by atoms with E-state index in [4.69, 9.17) is 5.11 Å². The summed E-state index contributed by atoms with van der Waals surface area (Å²) in [7, 11) is 0. The first kappa shape index (κ1) is 20.8. The summed E-state index contributed by atoms with van der Waals surface area (Å²) < 4.78 is 0. The van der Waals surface area contributed by atoms with Crippen molar-refractivity contribution in [2.75, 3.05) is 11.4 Å². The van der Waals surface area contributed by atoms with E-state index >= 15 is 0 Å². The van der Waals surface area contributed by atoms with Gasteiger partial charge in [-0.3, -0.25) is 24.1 Å². The number of anilines is 1. The van der Waals surface area contributed by atoms with E-state index in [0.29, 0.717) is 43.5 Å². The highest BCUT2D eigenvalue weighted by atomic mass is 16.4. The molecule has 0 unspecified atom stereocenters. The van der Waals surface area contributed by atoms with Crippen LogP contribution in [0.15, 0.2) is 35.9 Å². The number of allylic oxidation sites excluding steroid dienone is 2. The maximum atomic E-state index is 12.8. The number of carboxylic acid groups (broad SMARTS) is 1. The minimum Gasteiger partial charge on any atom is -0.481 e. The van der Waals surface area contributed by atoms with Gasteiger partial charge < -0.3 is 10.4 Å². The summed E-state index contributed by atoms with van der Waals surface area (Å²) >= 11 is 0. The molecular formula is C22H26N2O5. The molecule has 2 aliphatic rings. The van der Waals surface area contributed by atoms with Crippen LogP contribution in [0.1, 0.15) is 55.8 Å². The number of benzene rings is 1. The molecule has 0 radical (unpaired) electrons. The van der Waals surface area contributed by atoms with Gasteiger partial charge in [0.05, 0.1) is 17.5 Å². The Labute approximate surface area is 169 Å². The number of amides is 3. The molecule has 0 spiro atoms. The van der Waals surface area contributed by atoms with Gasteiger partial charge in [0.1, 0.15) is 0 Å². The van der Waals surface area contributed by atoms with Crippen LogP contribution in [0.4, 0.5) is 5.69 Å². The molecule has 1 saturated heterocycles. The molecule has 1 fully saturated rings. The Morgan fingerprint density at radius 1 is 1.14 bits per heavy atom. The average molecular weight is 398 g/mol. The number of nitrogens with zero attached hydrogens (tertiary/aromatic N) is 1. The van der Waals surface area contributed by atoms with Gasteiger partial charge in [0.2, 0.25) is 11.8 Å². The molecule has 3 rings (SSSR count). The summed E-state index contributed by atoms with van der Waals surface area (Å²) in [6.45, 7) is 2.42. The Balaban J connectivity index is 1.61. The van der Waals surface area contributed by atoms with Crippen molar-refractivity contribution in [3.05, 3.63) is 41.5 Å². The van der Waals surface area contributed by atoms with Crippen LogP contribution in [0.5, 0.6) is 0 Å². The lowest BCUT2D eigenvalue weighted by Gasteiger charge is -2.18. The molecule has 1 aromatic rings. The van der Waals surface area contributed by atoms with Gasteiger partial charge in [0, 0.05) is 18.5 Å². The second-order valence-electron chi connectivity index (χ2n) is 7.73. The zero-order chi connectivity index (χ0) is 21.0. The fourth-order valence-electron chi connectivity index (χ4n) is 3.96. The summed E-state index contributed by atoms with van der Waals surface area (Å²) in [5, 5.41) is 11.4. The van der Waals surface area contributed by atoms with Gasteiger partial charge in [-0.2, -0.15) is 0 Å². The van der Waals surface area contributed by atoms with E-state index in [1.807, 2.05) is 13.0 Å². The Kier molecular flexibility index (Phi) is 6.46. The second kappa shape index (κ2) is 9.03. The smallest absolute Gasteiger partial charge is 0.303 e. The van der Waals surface area contributed by atoms with Crippen molar-refractivity contribution in [2.45, 2.75) is 45.4 Å². The highest BCUT2D eigenvalue weighted by molar-refractivity contribution is 6.22. The van der Waals surface area contributed by atoms with Crippen LogP contribution in [0.3, 0.4) is 0 Å². The first-order chi connectivity index (χ1) is 13.9. The molecule has 3 amide bonds. The molecule has 29 heavy (non-hydrogen) atoms. The van der Waals surface area contributed by atoms with E-state index in [1.54, 1.807) is 24.3 Å². The van der Waals surface area contributed by atoms with E-state index in [2.05, 4.69) is 5.32 Å². The summed E-state index contributed by atoms with van der Waals surface area (Å²) in [5.74, 6) is -2.10. The third-order valence-corrected chi connectivity index (χ3v) is 5.54. The first-order valence-electron chi connectivity index (χ1n) is 10.0. The van der Waals surface area contributed by atoms with Crippen LogP contribution >= 0.6 is 0 Å². The molecule has 1 aliphatic carbocycles. The Bertz CT molecular complexity index is 861. The van der Waals surface area contributed by atoms with Crippen LogP contribution in [-0.4, -0.2) is 35.3 Å². The number of aliphatic carboxylic acids is 1. The summed E-state index contributed by atoms with van der Waals surface area (Å²) in [6.07, 6.45) is 5.34. The predicted molar refractivity (Wildman–Crippen MR) is 107 cm³/mol. The first-order valence-corrected chi connectivity index (χ1v) is 10.0. The van der Waals surface area contributed by atoms with Crippen molar-refractivity contribution in [1.29, 1.82) is 0 Å². The number of unbranched alkanes of at least 4 members (excludes halogenated alkanes) is 2. The van der Waals surface area contributed by atoms with E-state index in [-0.39, 0.29) is 36.0 Å². The zero-order valence-electron chi connectivity index (χ0n) is 16.5. The van der Waals surface area contributed by atoms with Gasteiger partial charge in [-0.25, -0.2) is 0 Å². The maximum Gasteiger partial charge on any atom is 0.303 e. The van der Waals surface area contributed by atoms with Crippen LogP contribution in [0, 0.1) is 11.8 Å². The lowest BCUT2D eigenvalue weighted by Crippen LogP contribution is -2.31. The summed E-state index contributed by atoms with van der Waals surface area (Å²) in [6, 6.07) is 6.57. The fourth-order valence-corrected chi connectivity index (χ4v) is 3.96. The molecule has 7 heteroatoms. The minimum atomic E-state index is -0.817. The summed E-state index contributed by atoms with van der Waals surface area (Å²) in [4.78, 5) is 49.7. The van der Waals surface area contributed by atoms with Crippen molar-refractivity contribution in [3.8, 4) is 0 Å². The van der Waals surface area contributed by atoms with Gasteiger partial charge in [0.25, 0.3) is 5.91 Å². The van der Waals surface area contributed by atoms with Gasteiger partial charge in [-0.1, -0.05) is 24.1 Å². The average Bonchev–Trinajstić information content (AvgIpc) is 2.94. The predicted octanol–water partition coefficient (Wildman–Crippen LogP) is 2.91. The number of carbonyl (C=O) groups excluding carboxylic acids is 3. The Morgan fingerprint density at radius 3 is 2.66 bits per heavy atom. The lowest BCUT2D eigenvalue weighted by atomic mass is 9.82. The molecule has 0 saturated carbocycles. The van der Waals surface area contributed by atoms with Crippen molar-refractivity contribution in [3.63, 3.8) is 0 Å². The van der Waals surface area contributed by atoms with Crippen molar-refractivity contribution < 1.29 is 24.3 Å². The number of imide groups is 1. The second-order valence-corrected chi connectivity index (χ2v) is 7.73. The van der Waals surface area contributed by atoms with Crippen molar-refractivity contribution in [2.24, 2.45) is 11.8 Å². The third-order valence-electron chi connectivity index (χ3n) is 5.54. The number of rotatable bonds is 8. The van der Waals surface area contributed by atoms with E-state index in [0.717, 1.165) is 12.0 Å². The quantitative estimate of drug-likeness (QED) is 0.398. The van der Waals surface area contributed by atoms with E-state index in [9.17, 15) is 19.2 Å². The fraction of sp³-hybridized carbons (Fsp3) is 0.455. The van der Waals surface area contributed by atoms with Crippen LogP contribution in [0.25, 0.3) is 0 Å². The number of carboxylic acids is 1. The van der Waals surface area contributed by atoms with Gasteiger partial charge in [0.15, 0.2) is 0 Å². The molecular weight excluding hydrogens is 372 g/mol. The zero-order valence-corrected chi connectivity index (χ0v) is 16.5. The largest absolute Gasteiger partial charge is 0.481 e. The van der Waals surface area contributed by atoms with E-state index < -0.39 is 5.97 Å². The topological polar surface area (TPSA) is 104 Å². The number of fused-ring (bicyclic) bond motifs is 1. The molecule has 154 valence electrons. The van der Waals surface area contributed by atoms with Crippen LogP contribution in [0.2, 0.25) is 0 Å². The molecule has 1 heterocycles. The lowest BCUT2D eigenvalue weighted by molar-refractivity contribution is -0.137. The highest BCUT2D eigenvalue weighted by Gasteiger charge is 2.48. The molecule has 7 nitrogen and oxygen atoms in total. The Morgan fingerprint density at radius 2 is 1.90 bits per heavy atom. The normalized spacial score (nSPS) is 21.0. The Hall–Kier alpha value is -2.96. The van der Waals surface area contributed by atoms with Crippen LogP contribution in [-0.2, 0) is 14.4 Å². The standard InChI is InChI=1S/C22H26N2O5/c1-14-9-10-17-18(12-14)22(29)24(21(17)28)16-7-5-6-15(13-16)20(27)23-11-4-2-3-8-19(25)26/h5-7,9,13,17-18H,2-4,8,10-12H2,1H3,(H,23,27)(H,25,26)/t17-,18-/m0/s1. The number of carbonyl (C=O) groups is 4. The minimum absolute atomic E-state index is 0.130. The van der Waals surface area contributed by atoms with E-state index in [1.165, 1.54) is 4.90 Å². The monoisotopic (exact) mass is 398 g/mol. The van der Waals surface area contributed by atoms with Gasteiger partial charge in [-0.15, -0.1) is 0 Å². The summed E-state index contributed by atoms with van der Waals surface area (Å²) in [5.41, 5.74) is 1.95. The molecule has 0 aromatic heterocycles. The van der Waals surface area contributed by atoms with Gasteiger partial charge >= 0.3 is 5.97 Å². The number of hydrogen-bond donors (Lipinski definition) is 2. The van der Waals surface area contributed by atoms with Crippen molar-refractivity contribution in [1.82, 2.24) is 5.32 Å². The molecule has 0 bridgehead atoms. The third kappa shape index (κ3) is 4.72. The molecule has 1 aromatic carbocycles. The highest BCUT2D eigenvalue weighted by Crippen LogP contribution is 2.39. The van der Waals surface area contributed by atoms with Gasteiger partial charge in [-0.05, 0) is 50.8 Å². The molecule has 2 N–H and O–H groups in total.